The van der Waals surface area contributed by atoms with Crippen molar-refractivity contribution < 1.29 is 0 Å². The zero-order valence-corrected chi connectivity index (χ0v) is 30.2. The maximum atomic E-state index is 2.42. The minimum Gasteiger partial charge on any atom is -0.309 e. The Labute approximate surface area is 313 Å². The quantitative estimate of drug-likeness (QED) is 0.163. The fourth-order valence-electron chi connectivity index (χ4n) is 9.08. The van der Waals surface area contributed by atoms with E-state index < -0.39 is 0 Å². The topological polar surface area (TPSA) is 9.86 Å². The third-order valence-electron chi connectivity index (χ3n) is 11.4. The standard InChI is InChI=1S/C52H36N2/c1-33-25-27-43-45(29-33)51(35-13-11-15-37(31-35)53-47-21-7-3-17-39(47)40-18-4-8-22-48(40)53)44-28-26-34(2)30-46(44)52(43)36-14-12-16-38(32-36)54-49-23-9-5-19-41(49)42-20-6-10-24-50(42)54/h3-32H,1-2H3. The molecule has 11 aromatic rings. The average Bonchev–Trinajstić information content (AvgIpc) is 3.73. The van der Waals surface area contributed by atoms with Gasteiger partial charge in [-0.3, -0.25) is 0 Å². The molecule has 0 fully saturated rings. The molecule has 2 aromatic heterocycles. The van der Waals surface area contributed by atoms with E-state index in [1.807, 2.05) is 0 Å². The summed E-state index contributed by atoms with van der Waals surface area (Å²) >= 11 is 0. The molecule has 0 saturated carbocycles. The van der Waals surface area contributed by atoms with Crippen LogP contribution in [0, 0.1) is 13.8 Å². The van der Waals surface area contributed by atoms with Gasteiger partial charge in [0.05, 0.1) is 22.1 Å². The molecule has 54 heavy (non-hydrogen) atoms. The first-order chi connectivity index (χ1) is 26.6. The van der Waals surface area contributed by atoms with E-state index in [1.54, 1.807) is 0 Å². The van der Waals surface area contributed by atoms with Crippen molar-refractivity contribution in [3.05, 3.63) is 193 Å². The van der Waals surface area contributed by atoms with Gasteiger partial charge in [0.2, 0.25) is 0 Å². The predicted molar refractivity (Wildman–Crippen MR) is 230 cm³/mol. The Kier molecular flexibility index (Phi) is 6.72. The van der Waals surface area contributed by atoms with Gasteiger partial charge >= 0.3 is 0 Å². The second kappa shape index (κ2) is 11.8. The summed E-state index contributed by atoms with van der Waals surface area (Å²) in [6.45, 7) is 4.42. The minimum atomic E-state index is 1.16. The highest BCUT2D eigenvalue weighted by atomic mass is 15.0. The zero-order chi connectivity index (χ0) is 35.9. The summed E-state index contributed by atoms with van der Waals surface area (Å²) in [5.74, 6) is 0. The van der Waals surface area contributed by atoms with E-state index in [4.69, 9.17) is 0 Å². The lowest BCUT2D eigenvalue weighted by molar-refractivity contribution is 1.18. The normalized spacial score (nSPS) is 11.9. The number of para-hydroxylation sites is 4. The van der Waals surface area contributed by atoms with Crippen LogP contribution in [0.4, 0.5) is 0 Å². The van der Waals surface area contributed by atoms with Gasteiger partial charge in [0, 0.05) is 32.9 Å². The Morgan fingerprint density at radius 3 is 1.00 bits per heavy atom. The highest BCUT2D eigenvalue weighted by Gasteiger charge is 2.20. The first-order valence-electron chi connectivity index (χ1n) is 18.8. The van der Waals surface area contributed by atoms with E-state index in [0.29, 0.717) is 0 Å². The molecule has 9 aromatic carbocycles. The molecule has 0 aliphatic heterocycles. The summed E-state index contributed by atoms with van der Waals surface area (Å²) in [5.41, 5.74) is 14.7. The lowest BCUT2D eigenvalue weighted by Gasteiger charge is -2.20. The molecule has 2 heterocycles. The molecule has 0 unspecified atom stereocenters. The monoisotopic (exact) mass is 688 g/mol. The van der Waals surface area contributed by atoms with Crippen molar-refractivity contribution in [2.45, 2.75) is 13.8 Å². The van der Waals surface area contributed by atoms with Crippen LogP contribution >= 0.6 is 0 Å². The highest BCUT2D eigenvalue weighted by molar-refractivity contribution is 6.22. The van der Waals surface area contributed by atoms with Gasteiger partial charge in [-0.05, 0) is 106 Å². The lowest BCUT2D eigenvalue weighted by atomic mass is 9.84. The van der Waals surface area contributed by atoms with Crippen LogP contribution in [0.15, 0.2) is 182 Å². The molecule has 11 rings (SSSR count). The van der Waals surface area contributed by atoms with Crippen molar-refractivity contribution >= 4 is 65.2 Å². The maximum absolute atomic E-state index is 2.42. The Morgan fingerprint density at radius 1 is 0.278 bits per heavy atom. The molecule has 0 radical (unpaired) electrons. The Bertz CT molecular complexity index is 2970. The van der Waals surface area contributed by atoms with E-state index in [0.717, 1.165) is 11.4 Å². The summed E-state index contributed by atoms with van der Waals surface area (Å²) in [4.78, 5) is 0. The minimum absolute atomic E-state index is 1.16. The number of nitrogens with zero attached hydrogens (tertiary/aromatic N) is 2. The fourth-order valence-corrected chi connectivity index (χ4v) is 9.08. The fraction of sp³-hybridized carbons (Fsp3) is 0.0385. The first-order valence-corrected chi connectivity index (χ1v) is 18.8. The maximum Gasteiger partial charge on any atom is 0.0541 e. The third kappa shape index (κ3) is 4.53. The highest BCUT2D eigenvalue weighted by Crippen LogP contribution is 2.46. The van der Waals surface area contributed by atoms with Crippen molar-refractivity contribution in [3.63, 3.8) is 0 Å². The smallest absolute Gasteiger partial charge is 0.0541 e. The molecule has 0 amide bonds. The third-order valence-corrected chi connectivity index (χ3v) is 11.4. The molecule has 2 nitrogen and oxygen atoms in total. The van der Waals surface area contributed by atoms with E-state index >= 15 is 0 Å². The van der Waals surface area contributed by atoms with E-state index in [2.05, 4.69) is 205 Å². The first kappa shape index (κ1) is 30.7. The molecule has 0 aliphatic carbocycles. The van der Waals surface area contributed by atoms with Gasteiger partial charge in [0.15, 0.2) is 0 Å². The summed E-state index contributed by atoms with van der Waals surface area (Å²) in [5, 5.41) is 10.1. The van der Waals surface area contributed by atoms with Crippen molar-refractivity contribution in [1.82, 2.24) is 9.13 Å². The van der Waals surface area contributed by atoms with E-state index in [1.165, 1.54) is 98.5 Å². The van der Waals surface area contributed by atoms with E-state index in [9.17, 15) is 0 Å². The largest absolute Gasteiger partial charge is 0.309 e. The molecule has 0 aliphatic rings. The molecule has 0 spiro atoms. The average molecular weight is 689 g/mol. The number of hydrogen-bond acceptors (Lipinski definition) is 0. The molecule has 254 valence electrons. The van der Waals surface area contributed by atoms with Crippen molar-refractivity contribution in [1.29, 1.82) is 0 Å². The number of benzene rings is 9. The molecule has 0 N–H and O–H groups in total. The second-order valence-corrected chi connectivity index (χ2v) is 14.7. The zero-order valence-electron chi connectivity index (χ0n) is 30.2. The van der Waals surface area contributed by atoms with Gasteiger partial charge in [0.1, 0.15) is 0 Å². The number of fused-ring (bicyclic) bond motifs is 8. The predicted octanol–water partition coefficient (Wildman–Crippen LogP) is 14.1. The molecular weight excluding hydrogens is 653 g/mol. The number of rotatable bonds is 4. The summed E-state index contributed by atoms with van der Waals surface area (Å²) in [7, 11) is 0. The second-order valence-electron chi connectivity index (χ2n) is 14.7. The van der Waals surface area contributed by atoms with Crippen LogP contribution in [0.3, 0.4) is 0 Å². The van der Waals surface area contributed by atoms with E-state index in [-0.39, 0.29) is 0 Å². The summed E-state index contributed by atoms with van der Waals surface area (Å²) in [6, 6.07) is 67.3. The SMILES string of the molecule is Cc1ccc2c(-c3cccc(-n4c5ccccc5c5ccccc54)c3)c3cc(C)ccc3c(-c3cccc(-n4c5ccccc5c5ccccc54)c3)c2c1. The molecular formula is C52H36N2. The number of hydrogen-bond donors (Lipinski definition) is 0. The van der Waals surface area contributed by atoms with Gasteiger partial charge in [-0.15, -0.1) is 0 Å². The number of aromatic nitrogens is 2. The van der Waals surface area contributed by atoms with Gasteiger partial charge in [-0.25, -0.2) is 0 Å². The van der Waals surface area contributed by atoms with Crippen LogP contribution in [0.2, 0.25) is 0 Å². The van der Waals surface area contributed by atoms with Crippen LogP contribution in [-0.2, 0) is 0 Å². The van der Waals surface area contributed by atoms with Crippen LogP contribution < -0.4 is 0 Å². The summed E-state index contributed by atoms with van der Waals surface area (Å²) < 4.78 is 4.84. The molecule has 0 bridgehead atoms. The Hall–Kier alpha value is -6.90. The molecule has 0 atom stereocenters. The molecule has 2 heteroatoms. The van der Waals surface area contributed by atoms with Crippen LogP contribution in [0.25, 0.3) is 98.8 Å². The van der Waals surface area contributed by atoms with Gasteiger partial charge in [-0.2, -0.15) is 0 Å². The van der Waals surface area contributed by atoms with Crippen molar-refractivity contribution in [3.8, 4) is 33.6 Å². The molecule has 0 saturated heterocycles. The lowest BCUT2D eigenvalue weighted by Crippen LogP contribution is -1.97. The van der Waals surface area contributed by atoms with Gasteiger partial charge in [0.25, 0.3) is 0 Å². The van der Waals surface area contributed by atoms with Crippen LogP contribution in [0.1, 0.15) is 11.1 Å². The Balaban J connectivity index is 1.18. The van der Waals surface area contributed by atoms with Crippen LogP contribution in [-0.4, -0.2) is 9.13 Å². The van der Waals surface area contributed by atoms with Gasteiger partial charge in [-0.1, -0.05) is 145 Å². The Morgan fingerprint density at radius 2 is 0.630 bits per heavy atom. The van der Waals surface area contributed by atoms with Crippen molar-refractivity contribution in [2.75, 3.05) is 0 Å². The van der Waals surface area contributed by atoms with Crippen molar-refractivity contribution in [2.24, 2.45) is 0 Å². The number of aryl methyl sites for hydroxylation is 2. The van der Waals surface area contributed by atoms with Gasteiger partial charge < -0.3 is 9.13 Å². The van der Waals surface area contributed by atoms with Crippen LogP contribution in [0.5, 0.6) is 0 Å². The summed E-state index contributed by atoms with van der Waals surface area (Å²) in [6.07, 6.45) is 0.